The fourth-order valence-corrected chi connectivity index (χ4v) is 3.12. The van der Waals surface area contributed by atoms with E-state index in [1.54, 1.807) is 0 Å². The highest BCUT2D eigenvalue weighted by Gasteiger charge is 2.33. The quantitative estimate of drug-likeness (QED) is 0.300. The van der Waals surface area contributed by atoms with Gasteiger partial charge >= 0.3 is 6.18 Å². The van der Waals surface area contributed by atoms with Crippen LogP contribution in [0.2, 0.25) is 25.1 Å². The summed E-state index contributed by atoms with van der Waals surface area (Å²) in [5, 5.41) is -0.713. The molecule has 0 aliphatic heterocycles. The Morgan fingerprint density at radius 1 is 0.870 bits per heavy atom. The molecular weight excluding hydrogens is 420 g/mol. The summed E-state index contributed by atoms with van der Waals surface area (Å²) >= 11 is 29.8. The van der Waals surface area contributed by atoms with Crippen LogP contribution in [-0.4, -0.2) is 11.3 Å². The Morgan fingerprint density at radius 2 is 1.35 bits per heavy atom. The van der Waals surface area contributed by atoms with Gasteiger partial charge in [-0.15, -0.1) is 0 Å². The first-order chi connectivity index (χ1) is 10.6. The van der Waals surface area contributed by atoms with Crippen LogP contribution in [0.25, 0.3) is 11.1 Å². The number of alkyl halides is 3. The van der Waals surface area contributed by atoms with Gasteiger partial charge in [0.15, 0.2) is 6.29 Å². The highest BCUT2D eigenvalue weighted by molar-refractivity contribution is 6.56. The number of halogens is 8. The molecule has 0 radical (unpaired) electrons. The molecule has 1 heterocycles. The van der Waals surface area contributed by atoms with E-state index in [-0.39, 0.29) is 42.5 Å². The number of hydrogen-bond donors (Lipinski definition) is 0. The van der Waals surface area contributed by atoms with Crippen molar-refractivity contribution in [3.05, 3.63) is 48.6 Å². The van der Waals surface area contributed by atoms with E-state index in [9.17, 15) is 18.0 Å². The Morgan fingerprint density at radius 3 is 1.78 bits per heavy atom. The van der Waals surface area contributed by atoms with Gasteiger partial charge in [-0.25, -0.2) is 4.98 Å². The molecule has 0 aliphatic rings. The summed E-state index contributed by atoms with van der Waals surface area (Å²) in [6, 6.07) is 1.69. The average Bonchev–Trinajstić information content (AvgIpc) is 2.50. The fourth-order valence-electron chi connectivity index (χ4n) is 1.78. The van der Waals surface area contributed by atoms with Gasteiger partial charge in [0.2, 0.25) is 0 Å². The maximum absolute atomic E-state index is 12.7. The number of nitrogens with zero attached hydrogens (tertiary/aromatic N) is 1. The van der Waals surface area contributed by atoms with Crippen LogP contribution < -0.4 is 0 Å². The Kier molecular flexibility index (Phi) is 5.38. The second-order valence-corrected chi connectivity index (χ2v) is 6.08. The zero-order valence-electron chi connectivity index (χ0n) is 10.6. The van der Waals surface area contributed by atoms with Crippen LogP contribution in [-0.2, 0) is 6.18 Å². The Hall–Kier alpha value is -0.720. The molecule has 0 bridgehead atoms. The van der Waals surface area contributed by atoms with Crippen molar-refractivity contribution in [3.63, 3.8) is 0 Å². The van der Waals surface area contributed by atoms with Gasteiger partial charge in [-0.1, -0.05) is 58.0 Å². The summed E-state index contributed by atoms with van der Waals surface area (Å²) < 4.78 is 38.1. The van der Waals surface area contributed by atoms with Crippen LogP contribution in [0, 0.1) is 0 Å². The average molecular weight is 423 g/mol. The molecule has 2 rings (SSSR count). The van der Waals surface area contributed by atoms with E-state index in [2.05, 4.69) is 4.98 Å². The van der Waals surface area contributed by atoms with Gasteiger partial charge in [-0.05, 0) is 12.1 Å². The molecule has 0 saturated carbocycles. The molecule has 0 unspecified atom stereocenters. The molecule has 1 aromatic heterocycles. The number of pyridine rings is 1. The number of rotatable bonds is 2. The van der Waals surface area contributed by atoms with Crippen molar-refractivity contribution >= 4 is 64.3 Å². The molecule has 23 heavy (non-hydrogen) atoms. The highest BCUT2D eigenvalue weighted by atomic mass is 35.5. The molecular formula is C13H3Cl5F3NO. The second-order valence-electron chi connectivity index (χ2n) is 4.19. The zero-order valence-corrected chi connectivity index (χ0v) is 14.4. The molecule has 0 atom stereocenters. The van der Waals surface area contributed by atoms with E-state index in [4.69, 9.17) is 58.0 Å². The van der Waals surface area contributed by atoms with Crippen molar-refractivity contribution in [1.29, 1.82) is 0 Å². The van der Waals surface area contributed by atoms with Crippen LogP contribution in [0.4, 0.5) is 13.2 Å². The first kappa shape index (κ1) is 18.6. The van der Waals surface area contributed by atoms with Crippen molar-refractivity contribution in [3.8, 4) is 11.1 Å². The molecule has 122 valence electrons. The molecule has 0 N–H and O–H groups in total. The first-order valence-corrected chi connectivity index (χ1v) is 7.53. The van der Waals surface area contributed by atoms with Crippen LogP contribution in [0.3, 0.4) is 0 Å². The van der Waals surface area contributed by atoms with Gasteiger partial charge in [0.1, 0.15) is 11.4 Å². The number of carbonyl (C=O) groups excluding carboxylic acids is 1. The number of hydrogen-bond acceptors (Lipinski definition) is 2. The number of carbonyl (C=O) groups is 1. The van der Waals surface area contributed by atoms with Gasteiger partial charge in [0, 0.05) is 11.1 Å². The zero-order chi connectivity index (χ0) is 17.5. The third-order valence-corrected chi connectivity index (χ3v) is 5.08. The van der Waals surface area contributed by atoms with Crippen LogP contribution >= 0.6 is 58.0 Å². The van der Waals surface area contributed by atoms with Crippen molar-refractivity contribution in [2.45, 2.75) is 6.18 Å². The lowest BCUT2D eigenvalue weighted by atomic mass is 10.0. The highest BCUT2D eigenvalue weighted by Crippen LogP contribution is 2.48. The third-order valence-electron chi connectivity index (χ3n) is 2.81. The van der Waals surface area contributed by atoms with E-state index in [1.807, 2.05) is 0 Å². The van der Waals surface area contributed by atoms with E-state index >= 15 is 0 Å². The van der Waals surface area contributed by atoms with Crippen LogP contribution in [0.5, 0.6) is 0 Å². The summed E-state index contributed by atoms with van der Waals surface area (Å²) in [7, 11) is 0. The fraction of sp³-hybridized carbons (Fsp3) is 0.0769. The minimum absolute atomic E-state index is 0.0314. The molecule has 0 spiro atoms. The van der Waals surface area contributed by atoms with E-state index < -0.39 is 17.6 Å². The van der Waals surface area contributed by atoms with Gasteiger partial charge in [-0.3, -0.25) is 4.79 Å². The SMILES string of the molecule is O=Cc1nc(C(F)(F)F)ccc1-c1c(Cl)c(Cl)c(Cl)c(Cl)c1Cl. The van der Waals surface area contributed by atoms with E-state index in [0.717, 1.165) is 6.07 Å². The summed E-state index contributed by atoms with van der Waals surface area (Å²) in [5.41, 5.74) is -1.83. The summed E-state index contributed by atoms with van der Waals surface area (Å²) in [6.07, 6.45) is -4.56. The third kappa shape index (κ3) is 3.39. The van der Waals surface area contributed by atoms with Crippen molar-refractivity contribution in [2.75, 3.05) is 0 Å². The molecule has 2 nitrogen and oxygen atoms in total. The Labute approximate surface area is 153 Å². The molecule has 10 heteroatoms. The molecule has 0 saturated heterocycles. The predicted octanol–water partition coefficient (Wildman–Crippen LogP) is 6.85. The summed E-state index contributed by atoms with van der Waals surface area (Å²) in [4.78, 5) is 14.4. The van der Waals surface area contributed by atoms with Gasteiger partial charge in [-0.2, -0.15) is 13.2 Å². The van der Waals surface area contributed by atoms with Crippen LogP contribution in [0.15, 0.2) is 12.1 Å². The van der Waals surface area contributed by atoms with Crippen molar-refractivity contribution < 1.29 is 18.0 Å². The maximum Gasteiger partial charge on any atom is 0.433 e. The molecule has 0 amide bonds. The lowest BCUT2D eigenvalue weighted by Crippen LogP contribution is -2.10. The Bertz CT molecular complexity index is 778. The number of benzene rings is 1. The van der Waals surface area contributed by atoms with E-state index in [0.29, 0.717) is 6.07 Å². The minimum atomic E-state index is -4.71. The predicted molar refractivity (Wildman–Crippen MR) is 85.1 cm³/mol. The van der Waals surface area contributed by atoms with Crippen LogP contribution in [0.1, 0.15) is 16.2 Å². The second kappa shape index (κ2) is 6.65. The smallest absolute Gasteiger partial charge is 0.296 e. The molecule has 0 aliphatic carbocycles. The number of aldehydes is 1. The monoisotopic (exact) mass is 421 g/mol. The molecule has 0 fully saturated rings. The summed E-state index contributed by atoms with van der Waals surface area (Å²) in [5.74, 6) is 0. The van der Waals surface area contributed by atoms with E-state index in [1.165, 1.54) is 0 Å². The lowest BCUT2D eigenvalue weighted by molar-refractivity contribution is -0.141. The van der Waals surface area contributed by atoms with Gasteiger partial charge < -0.3 is 0 Å². The largest absolute Gasteiger partial charge is 0.433 e. The maximum atomic E-state index is 12.7. The lowest BCUT2D eigenvalue weighted by Gasteiger charge is -2.15. The minimum Gasteiger partial charge on any atom is -0.296 e. The van der Waals surface area contributed by atoms with Crippen molar-refractivity contribution in [1.82, 2.24) is 4.98 Å². The first-order valence-electron chi connectivity index (χ1n) is 5.64. The normalized spacial score (nSPS) is 11.7. The standard InChI is InChI=1S/C13H3Cl5F3NO/c14-8-7(9(15)11(17)12(18)10(8)16)4-1-2-6(13(19,20)21)22-5(4)3-23/h1-3H. The van der Waals surface area contributed by atoms with Gasteiger partial charge in [0.05, 0.1) is 25.1 Å². The summed E-state index contributed by atoms with van der Waals surface area (Å²) in [6.45, 7) is 0. The molecule has 2 aromatic rings. The van der Waals surface area contributed by atoms with Gasteiger partial charge in [0.25, 0.3) is 0 Å². The topological polar surface area (TPSA) is 30.0 Å². The number of aromatic nitrogens is 1. The Balaban J connectivity index is 2.81. The van der Waals surface area contributed by atoms with Crippen molar-refractivity contribution in [2.24, 2.45) is 0 Å². The molecule has 1 aromatic carbocycles.